The molecule has 0 saturated heterocycles. The van der Waals surface area contributed by atoms with Gasteiger partial charge < -0.3 is 12.7 Å². The first-order valence-electron chi connectivity index (χ1n) is 2.75. The van der Waals surface area contributed by atoms with Gasteiger partial charge in [0.05, 0.1) is 0 Å². The van der Waals surface area contributed by atoms with E-state index in [2.05, 4.69) is 33.1 Å². The Morgan fingerprint density at radius 3 is 1.80 bits per heavy atom. The molecule has 0 aromatic heterocycles. The quantitative estimate of drug-likeness (QED) is 0.266. The first-order valence-corrected chi connectivity index (χ1v) is 2.75. The Kier molecular flexibility index (Phi) is 19.9. The van der Waals surface area contributed by atoms with E-state index in [1.807, 2.05) is 0 Å². The van der Waals surface area contributed by atoms with Gasteiger partial charge in [-0.15, -0.1) is 0 Å². The maximum atomic E-state index is 9.47. The first-order chi connectivity index (χ1) is 4.00. The van der Waals surface area contributed by atoms with Gasteiger partial charge in [-0.25, -0.2) is 0 Å². The van der Waals surface area contributed by atoms with E-state index in [1.54, 1.807) is 0 Å². The van der Waals surface area contributed by atoms with Gasteiger partial charge in [0.2, 0.25) is 5.91 Å². The molecule has 0 bridgehead atoms. The molecule has 0 atom stereocenters. The SMILES string of the molecule is C=CC(N)=O.[CH2-]C(C)C.[Na+]. The zero-order valence-corrected chi connectivity index (χ0v) is 9.05. The minimum atomic E-state index is -0.481. The third-order valence-electron chi connectivity index (χ3n) is 0.201. The van der Waals surface area contributed by atoms with Crippen molar-refractivity contribution in [2.45, 2.75) is 13.8 Å². The zero-order valence-electron chi connectivity index (χ0n) is 7.05. The summed E-state index contributed by atoms with van der Waals surface area (Å²) in [6.07, 6.45) is 1.06. The van der Waals surface area contributed by atoms with Crippen LogP contribution in [0.3, 0.4) is 0 Å². The summed E-state index contributed by atoms with van der Waals surface area (Å²) in [6, 6.07) is 0. The molecule has 0 radical (unpaired) electrons. The second-order valence-electron chi connectivity index (χ2n) is 2.00. The first kappa shape index (κ1) is 16.7. The third kappa shape index (κ3) is 87.4. The van der Waals surface area contributed by atoms with Crippen LogP contribution >= 0.6 is 0 Å². The molecular weight excluding hydrogens is 137 g/mol. The molecule has 1 amide bonds. The van der Waals surface area contributed by atoms with E-state index in [4.69, 9.17) is 0 Å². The van der Waals surface area contributed by atoms with Crippen molar-refractivity contribution in [3.63, 3.8) is 0 Å². The average molecular weight is 151 g/mol. The van der Waals surface area contributed by atoms with Gasteiger partial charge in [0.25, 0.3) is 0 Å². The van der Waals surface area contributed by atoms with Crippen LogP contribution in [0.1, 0.15) is 13.8 Å². The van der Waals surface area contributed by atoms with Crippen molar-refractivity contribution < 1.29 is 34.4 Å². The van der Waals surface area contributed by atoms with E-state index >= 15 is 0 Å². The van der Waals surface area contributed by atoms with E-state index in [9.17, 15) is 4.79 Å². The fraction of sp³-hybridized carbons (Fsp3) is 0.429. The fourth-order valence-corrected chi connectivity index (χ4v) is 0. The molecule has 0 heterocycles. The molecule has 0 aromatic rings. The number of hydrogen-bond acceptors (Lipinski definition) is 1. The van der Waals surface area contributed by atoms with Crippen molar-refractivity contribution in [1.82, 2.24) is 0 Å². The third-order valence-corrected chi connectivity index (χ3v) is 0.201. The van der Waals surface area contributed by atoms with Crippen LogP contribution in [0.4, 0.5) is 0 Å². The van der Waals surface area contributed by atoms with E-state index in [-0.39, 0.29) is 29.6 Å². The Morgan fingerprint density at radius 1 is 1.70 bits per heavy atom. The zero-order chi connectivity index (χ0) is 7.86. The molecule has 0 aliphatic rings. The molecule has 0 aliphatic heterocycles. The molecule has 0 fully saturated rings. The van der Waals surface area contributed by atoms with Crippen molar-refractivity contribution in [2.75, 3.05) is 0 Å². The summed E-state index contributed by atoms with van der Waals surface area (Å²) < 4.78 is 0. The predicted molar refractivity (Wildman–Crippen MR) is 39.6 cm³/mol. The second-order valence-corrected chi connectivity index (χ2v) is 2.00. The van der Waals surface area contributed by atoms with Crippen LogP contribution in [-0.2, 0) is 4.79 Å². The van der Waals surface area contributed by atoms with Gasteiger partial charge in [0, 0.05) is 0 Å². The van der Waals surface area contributed by atoms with Gasteiger partial charge in [-0.05, 0) is 6.08 Å². The van der Waals surface area contributed by atoms with Crippen molar-refractivity contribution in [2.24, 2.45) is 11.7 Å². The molecule has 2 N–H and O–H groups in total. The van der Waals surface area contributed by atoms with Gasteiger partial charge in [-0.2, -0.15) is 5.92 Å². The molecular formula is C7H14NNaO. The van der Waals surface area contributed by atoms with Crippen LogP contribution in [0.2, 0.25) is 0 Å². The Morgan fingerprint density at radius 2 is 1.80 bits per heavy atom. The van der Waals surface area contributed by atoms with E-state index in [0.29, 0.717) is 5.92 Å². The van der Waals surface area contributed by atoms with Crippen LogP contribution < -0.4 is 35.3 Å². The van der Waals surface area contributed by atoms with E-state index < -0.39 is 5.91 Å². The van der Waals surface area contributed by atoms with Crippen LogP contribution in [0.15, 0.2) is 12.7 Å². The van der Waals surface area contributed by atoms with Gasteiger partial charge in [-0.1, -0.05) is 20.4 Å². The van der Waals surface area contributed by atoms with Crippen LogP contribution in [0.5, 0.6) is 0 Å². The second kappa shape index (κ2) is 11.9. The number of hydrogen-bond donors (Lipinski definition) is 1. The topological polar surface area (TPSA) is 43.1 Å². The molecule has 0 aromatic carbocycles. The summed E-state index contributed by atoms with van der Waals surface area (Å²) in [5, 5.41) is 0. The summed E-state index contributed by atoms with van der Waals surface area (Å²) in [4.78, 5) is 9.47. The predicted octanol–water partition coefficient (Wildman–Crippen LogP) is -1.86. The Hall–Kier alpha value is 0.210. The van der Waals surface area contributed by atoms with Crippen LogP contribution in [-0.4, -0.2) is 5.91 Å². The van der Waals surface area contributed by atoms with Crippen LogP contribution in [0, 0.1) is 12.8 Å². The number of carbonyl (C=O) groups excluding carboxylic acids is 1. The standard InChI is InChI=1S/C4H9.C3H5NO.Na/c1-4(2)3;1-2-3(4)5;/h4H,1H2,2-3H3;2H,1H2,(H2,4,5);/q-1;;+1. The summed E-state index contributed by atoms with van der Waals surface area (Å²) >= 11 is 0. The van der Waals surface area contributed by atoms with Gasteiger partial charge in [-0.3, -0.25) is 4.79 Å². The van der Waals surface area contributed by atoms with Crippen molar-refractivity contribution in [3.05, 3.63) is 19.6 Å². The van der Waals surface area contributed by atoms with Gasteiger partial charge in [0.15, 0.2) is 0 Å². The Bertz CT molecular complexity index is 88.9. The molecule has 2 nitrogen and oxygen atoms in total. The van der Waals surface area contributed by atoms with Crippen molar-refractivity contribution in [1.29, 1.82) is 0 Å². The van der Waals surface area contributed by atoms with E-state index in [1.165, 1.54) is 0 Å². The fourth-order valence-electron chi connectivity index (χ4n) is 0. The molecule has 10 heavy (non-hydrogen) atoms. The number of carbonyl (C=O) groups is 1. The summed E-state index contributed by atoms with van der Waals surface area (Å²) in [6.45, 7) is 10.8. The summed E-state index contributed by atoms with van der Waals surface area (Å²) in [7, 11) is 0. The Balaban J connectivity index is -0.0000000910. The van der Waals surface area contributed by atoms with Crippen molar-refractivity contribution >= 4 is 5.91 Å². The van der Waals surface area contributed by atoms with Gasteiger partial charge in [0.1, 0.15) is 0 Å². The monoisotopic (exact) mass is 151 g/mol. The molecule has 3 heteroatoms. The van der Waals surface area contributed by atoms with Crippen molar-refractivity contribution in [3.8, 4) is 0 Å². The van der Waals surface area contributed by atoms with Crippen LogP contribution in [0.25, 0.3) is 0 Å². The average Bonchev–Trinajstić information content (AvgIpc) is 1.65. The maximum absolute atomic E-state index is 9.47. The molecule has 54 valence electrons. The Labute approximate surface area is 85.2 Å². The number of nitrogens with two attached hydrogens (primary N) is 1. The maximum Gasteiger partial charge on any atom is 1.00 e. The number of amides is 1. The van der Waals surface area contributed by atoms with E-state index in [0.717, 1.165) is 6.08 Å². The molecule has 0 aliphatic carbocycles. The number of rotatable bonds is 1. The summed E-state index contributed by atoms with van der Waals surface area (Å²) in [5.41, 5.74) is 4.53. The minimum Gasteiger partial charge on any atom is -0.366 e. The molecule has 0 unspecified atom stereocenters. The summed E-state index contributed by atoms with van der Waals surface area (Å²) in [5.74, 6) is 0.102. The minimum absolute atomic E-state index is 0. The normalized spacial score (nSPS) is 6.80. The number of primary amides is 1. The smallest absolute Gasteiger partial charge is 0.366 e. The van der Waals surface area contributed by atoms with Gasteiger partial charge >= 0.3 is 29.6 Å². The molecule has 0 spiro atoms. The molecule has 0 rings (SSSR count). The largest absolute Gasteiger partial charge is 1.00 e. The molecule has 0 saturated carbocycles.